The minimum absolute atomic E-state index is 0.0283. The van der Waals surface area contributed by atoms with Crippen LogP contribution in [0, 0.1) is 0 Å². The van der Waals surface area contributed by atoms with E-state index in [0.717, 1.165) is 9.87 Å². The first-order chi connectivity index (χ1) is 23.1. The molecule has 4 aromatic carbocycles. The second-order valence-corrected chi connectivity index (χ2v) is 13.1. The first kappa shape index (κ1) is 35.8. The molecule has 0 spiro atoms. The summed E-state index contributed by atoms with van der Waals surface area (Å²) in [6, 6.07) is 28.2. The summed E-state index contributed by atoms with van der Waals surface area (Å²) >= 11 is 0. The van der Waals surface area contributed by atoms with E-state index in [-0.39, 0.29) is 41.2 Å². The Morgan fingerprint density at radius 2 is 1.42 bits per heavy atom. The highest BCUT2D eigenvalue weighted by Gasteiger charge is 2.35. The highest BCUT2D eigenvalue weighted by molar-refractivity contribution is 7.92. The van der Waals surface area contributed by atoms with Crippen LogP contribution in [0.2, 0.25) is 0 Å². The number of anilines is 1. The third kappa shape index (κ3) is 8.86. The molecule has 0 saturated carbocycles. The van der Waals surface area contributed by atoms with Crippen molar-refractivity contribution in [1.29, 1.82) is 0 Å². The zero-order valence-electron chi connectivity index (χ0n) is 28.0. The molecule has 1 N–H and O–H groups in total. The highest BCUT2D eigenvalue weighted by atomic mass is 32.2. The van der Waals surface area contributed by atoms with Gasteiger partial charge in [0.05, 0.1) is 31.9 Å². The molecule has 11 heteroatoms. The van der Waals surface area contributed by atoms with Crippen LogP contribution < -0.4 is 23.8 Å². The van der Waals surface area contributed by atoms with Crippen LogP contribution in [-0.2, 0) is 32.6 Å². The predicted molar refractivity (Wildman–Crippen MR) is 186 cm³/mol. The van der Waals surface area contributed by atoms with Crippen LogP contribution in [-0.4, -0.2) is 65.1 Å². The molecule has 0 aromatic heterocycles. The summed E-state index contributed by atoms with van der Waals surface area (Å²) in [5.41, 5.74) is 1.85. The number of methoxy groups -OCH3 is 3. The van der Waals surface area contributed by atoms with Gasteiger partial charge in [-0.05, 0) is 60.9 Å². The van der Waals surface area contributed by atoms with Crippen LogP contribution >= 0.6 is 0 Å². The molecule has 0 fully saturated rings. The quantitative estimate of drug-likeness (QED) is 0.168. The van der Waals surface area contributed by atoms with Gasteiger partial charge in [0.2, 0.25) is 11.8 Å². The monoisotopic (exact) mass is 673 g/mol. The molecule has 0 heterocycles. The molecule has 0 aliphatic carbocycles. The fourth-order valence-electron chi connectivity index (χ4n) is 5.19. The topological polar surface area (TPSA) is 114 Å². The number of rotatable bonds is 16. The normalized spacial score (nSPS) is 12.4. The van der Waals surface area contributed by atoms with Crippen molar-refractivity contribution in [2.45, 2.75) is 50.2 Å². The molecule has 0 aliphatic rings. The van der Waals surface area contributed by atoms with E-state index in [0.29, 0.717) is 23.5 Å². The Hall–Kier alpha value is -5.03. The molecule has 2 atom stereocenters. The van der Waals surface area contributed by atoms with E-state index in [1.54, 1.807) is 55.6 Å². The maximum atomic E-state index is 14.6. The molecule has 0 bridgehead atoms. The third-order valence-electron chi connectivity index (χ3n) is 8.03. The summed E-state index contributed by atoms with van der Waals surface area (Å²) in [5, 5.41) is 3.04. The number of ether oxygens (including phenoxy) is 3. The van der Waals surface area contributed by atoms with Gasteiger partial charge in [-0.15, -0.1) is 0 Å². The van der Waals surface area contributed by atoms with Crippen molar-refractivity contribution >= 4 is 27.5 Å². The van der Waals surface area contributed by atoms with Crippen molar-refractivity contribution in [2.24, 2.45) is 0 Å². The molecule has 48 heavy (non-hydrogen) atoms. The van der Waals surface area contributed by atoms with Gasteiger partial charge in [-0.3, -0.25) is 13.9 Å². The molecule has 2 unspecified atom stereocenters. The minimum Gasteiger partial charge on any atom is -0.497 e. The number of carbonyl (C=O) groups is 2. The number of carbonyl (C=O) groups excluding carboxylic acids is 2. The maximum Gasteiger partial charge on any atom is 0.264 e. The average Bonchev–Trinajstić information content (AvgIpc) is 3.12. The molecule has 4 rings (SSSR count). The van der Waals surface area contributed by atoms with E-state index < -0.39 is 28.5 Å². The van der Waals surface area contributed by atoms with Crippen LogP contribution in [0.4, 0.5) is 5.69 Å². The van der Waals surface area contributed by atoms with Crippen molar-refractivity contribution in [3.63, 3.8) is 0 Å². The summed E-state index contributed by atoms with van der Waals surface area (Å²) in [6.07, 6.45) is 0.908. The summed E-state index contributed by atoms with van der Waals surface area (Å²) in [6.45, 7) is 3.32. The van der Waals surface area contributed by atoms with E-state index in [2.05, 4.69) is 5.32 Å². The van der Waals surface area contributed by atoms with Crippen molar-refractivity contribution in [3.8, 4) is 17.2 Å². The Bertz CT molecular complexity index is 1770. The van der Waals surface area contributed by atoms with Gasteiger partial charge in [0, 0.05) is 25.1 Å². The number of nitrogens with one attached hydrogen (secondary N) is 1. The van der Waals surface area contributed by atoms with Crippen molar-refractivity contribution in [1.82, 2.24) is 10.2 Å². The van der Waals surface area contributed by atoms with E-state index in [1.165, 1.54) is 37.3 Å². The molecule has 0 radical (unpaired) electrons. The Kier molecular flexibility index (Phi) is 12.5. The van der Waals surface area contributed by atoms with Gasteiger partial charge in [0.15, 0.2) is 11.5 Å². The molecular weight excluding hydrogens is 630 g/mol. The smallest absolute Gasteiger partial charge is 0.264 e. The molecule has 10 nitrogen and oxygen atoms in total. The Balaban J connectivity index is 1.82. The predicted octanol–water partition coefficient (Wildman–Crippen LogP) is 5.46. The number of hydrogen-bond donors (Lipinski definition) is 1. The van der Waals surface area contributed by atoms with Crippen LogP contribution in [0.1, 0.15) is 31.4 Å². The Labute approximate surface area is 283 Å². The molecule has 0 aliphatic heterocycles. The maximum absolute atomic E-state index is 14.6. The Morgan fingerprint density at radius 3 is 2.04 bits per heavy atom. The van der Waals surface area contributed by atoms with Gasteiger partial charge in [0.25, 0.3) is 10.0 Å². The molecule has 4 aromatic rings. The van der Waals surface area contributed by atoms with E-state index in [9.17, 15) is 18.0 Å². The lowest BCUT2D eigenvalue weighted by molar-refractivity contribution is -0.140. The second-order valence-electron chi connectivity index (χ2n) is 11.3. The van der Waals surface area contributed by atoms with E-state index in [4.69, 9.17) is 14.2 Å². The zero-order valence-corrected chi connectivity index (χ0v) is 28.8. The van der Waals surface area contributed by atoms with Crippen molar-refractivity contribution < 1.29 is 32.2 Å². The molecule has 2 amide bonds. The number of nitrogens with zero attached hydrogens (tertiary/aromatic N) is 2. The lowest BCUT2D eigenvalue weighted by Gasteiger charge is -2.34. The summed E-state index contributed by atoms with van der Waals surface area (Å²) in [4.78, 5) is 30.0. The van der Waals surface area contributed by atoms with Crippen molar-refractivity contribution in [2.75, 3.05) is 32.2 Å². The standard InChI is InChI=1S/C37H43N3O7S/c1-6-27(2)38-37(42)33(23-28-14-9-7-10-15-28)39(25-29-16-13-19-31(22-29)45-3)36(41)26-40(30-17-11-8-12-18-30)48(43,44)32-20-21-34(46-4)35(24-32)47-5/h7-22,24,27,33H,6,23,25-26H2,1-5H3,(H,38,42). The van der Waals surface area contributed by atoms with Crippen molar-refractivity contribution in [3.05, 3.63) is 114 Å². The number of benzene rings is 4. The summed E-state index contributed by atoms with van der Waals surface area (Å²) < 4.78 is 45.9. The number of para-hydroxylation sites is 1. The van der Waals surface area contributed by atoms with Gasteiger partial charge in [0.1, 0.15) is 18.3 Å². The van der Waals surface area contributed by atoms with Gasteiger partial charge in [-0.1, -0.05) is 67.6 Å². The average molecular weight is 674 g/mol. The molecule has 0 saturated heterocycles. The van der Waals surface area contributed by atoms with Crippen LogP contribution in [0.3, 0.4) is 0 Å². The highest BCUT2D eigenvalue weighted by Crippen LogP contribution is 2.32. The summed E-state index contributed by atoms with van der Waals surface area (Å²) in [5.74, 6) is 0.274. The van der Waals surface area contributed by atoms with Gasteiger partial charge < -0.3 is 24.4 Å². The lowest BCUT2D eigenvalue weighted by atomic mass is 10.0. The Morgan fingerprint density at radius 1 is 0.771 bits per heavy atom. The number of amides is 2. The SMILES string of the molecule is CCC(C)NC(=O)C(Cc1ccccc1)N(Cc1cccc(OC)c1)C(=O)CN(c1ccccc1)S(=O)(=O)c1ccc(OC)c(OC)c1. The van der Waals surface area contributed by atoms with Crippen LogP contribution in [0.5, 0.6) is 17.2 Å². The van der Waals surface area contributed by atoms with Gasteiger partial charge in [-0.25, -0.2) is 8.42 Å². The molecule has 254 valence electrons. The lowest BCUT2D eigenvalue weighted by Crippen LogP contribution is -2.54. The van der Waals surface area contributed by atoms with E-state index >= 15 is 0 Å². The second kappa shape index (κ2) is 16.7. The third-order valence-corrected chi connectivity index (χ3v) is 9.80. The number of sulfonamides is 1. The van der Waals surface area contributed by atoms with Gasteiger partial charge >= 0.3 is 0 Å². The molecular formula is C37H43N3O7S. The van der Waals surface area contributed by atoms with Crippen LogP contribution in [0.25, 0.3) is 0 Å². The first-order valence-corrected chi connectivity index (χ1v) is 17.1. The number of hydrogen-bond acceptors (Lipinski definition) is 7. The van der Waals surface area contributed by atoms with E-state index in [1.807, 2.05) is 50.2 Å². The first-order valence-electron chi connectivity index (χ1n) is 15.7. The summed E-state index contributed by atoms with van der Waals surface area (Å²) in [7, 11) is 0.107. The fraction of sp³-hybridized carbons (Fsp3) is 0.297. The fourth-order valence-corrected chi connectivity index (χ4v) is 6.62. The largest absolute Gasteiger partial charge is 0.497 e. The zero-order chi connectivity index (χ0) is 34.7. The van der Waals surface area contributed by atoms with Crippen LogP contribution in [0.15, 0.2) is 108 Å². The van der Waals surface area contributed by atoms with Gasteiger partial charge in [-0.2, -0.15) is 0 Å². The minimum atomic E-state index is -4.32.